The topological polar surface area (TPSA) is 58.9 Å². The van der Waals surface area contributed by atoms with Crippen LogP contribution >= 0.6 is 0 Å². The standard InChI is InChI=1S/C22H22N4O/c1-23-13-16-8-10-17(11-9-16)14-25-21(27)15-26-20-7-3-2-5-18(20)19-6-4-12-24-22(19)26/h2-12,23H,13-15H2,1H3,(H,25,27). The summed E-state index contributed by atoms with van der Waals surface area (Å²) in [5, 5.41) is 8.33. The van der Waals surface area contributed by atoms with E-state index in [1.165, 1.54) is 5.56 Å². The lowest BCUT2D eigenvalue weighted by atomic mass is 10.1. The van der Waals surface area contributed by atoms with Crippen LogP contribution in [0.2, 0.25) is 0 Å². The van der Waals surface area contributed by atoms with Gasteiger partial charge in [0.1, 0.15) is 12.2 Å². The maximum atomic E-state index is 12.6. The third kappa shape index (κ3) is 3.55. The summed E-state index contributed by atoms with van der Waals surface area (Å²) in [5.74, 6) is -0.0254. The van der Waals surface area contributed by atoms with Crippen molar-refractivity contribution in [3.8, 4) is 0 Å². The minimum absolute atomic E-state index is 0.0254. The van der Waals surface area contributed by atoms with Gasteiger partial charge in [-0.3, -0.25) is 4.79 Å². The first-order chi connectivity index (χ1) is 13.3. The Morgan fingerprint density at radius 3 is 2.41 bits per heavy atom. The van der Waals surface area contributed by atoms with Gasteiger partial charge in [0.2, 0.25) is 5.91 Å². The Morgan fingerprint density at radius 1 is 0.926 bits per heavy atom. The molecule has 0 aliphatic heterocycles. The first kappa shape index (κ1) is 17.2. The van der Waals surface area contributed by atoms with Crippen molar-refractivity contribution in [2.45, 2.75) is 19.6 Å². The van der Waals surface area contributed by atoms with E-state index in [2.05, 4.69) is 45.9 Å². The smallest absolute Gasteiger partial charge is 0.240 e. The number of fused-ring (bicyclic) bond motifs is 3. The molecular weight excluding hydrogens is 336 g/mol. The van der Waals surface area contributed by atoms with Gasteiger partial charge in [-0.1, -0.05) is 42.5 Å². The van der Waals surface area contributed by atoms with Gasteiger partial charge in [0, 0.05) is 30.1 Å². The van der Waals surface area contributed by atoms with Crippen molar-refractivity contribution in [1.29, 1.82) is 0 Å². The van der Waals surface area contributed by atoms with Crippen LogP contribution in [0.15, 0.2) is 66.9 Å². The zero-order valence-corrected chi connectivity index (χ0v) is 15.3. The molecule has 0 aliphatic carbocycles. The summed E-state index contributed by atoms with van der Waals surface area (Å²) in [5.41, 5.74) is 4.18. The van der Waals surface area contributed by atoms with E-state index in [-0.39, 0.29) is 12.5 Å². The first-order valence-corrected chi connectivity index (χ1v) is 9.07. The number of carbonyl (C=O) groups excluding carboxylic acids is 1. The average molecular weight is 358 g/mol. The number of aromatic nitrogens is 2. The monoisotopic (exact) mass is 358 g/mol. The van der Waals surface area contributed by atoms with E-state index in [9.17, 15) is 4.79 Å². The largest absolute Gasteiger partial charge is 0.350 e. The van der Waals surface area contributed by atoms with Crippen LogP contribution in [-0.4, -0.2) is 22.5 Å². The number of pyridine rings is 1. The number of nitrogens with zero attached hydrogens (tertiary/aromatic N) is 2. The molecule has 2 heterocycles. The third-order valence-corrected chi connectivity index (χ3v) is 4.72. The molecule has 0 atom stereocenters. The Kier molecular flexibility index (Phi) is 4.85. The molecule has 2 aromatic carbocycles. The normalized spacial score (nSPS) is 11.1. The van der Waals surface area contributed by atoms with Crippen molar-refractivity contribution in [2.75, 3.05) is 7.05 Å². The molecule has 136 valence electrons. The lowest BCUT2D eigenvalue weighted by molar-refractivity contribution is -0.121. The second-order valence-corrected chi connectivity index (χ2v) is 6.60. The number of para-hydroxylation sites is 1. The van der Waals surface area contributed by atoms with Crippen LogP contribution in [0.5, 0.6) is 0 Å². The molecular formula is C22H22N4O. The van der Waals surface area contributed by atoms with E-state index in [0.29, 0.717) is 6.54 Å². The van der Waals surface area contributed by atoms with Gasteiger partial charge in [-0.25, -0.2) is 4.98 Å². The number of nitrogens with one attached hydrogen (secondary N) is 2. The molecule has 27 heavy (non-hydrogen) atoms. The van der Waals surface area contributed by atoms with Gasteiger partial charge in [-0.2, -0.15) is 0 Å². The molecule has 0 aliphatic rings. The highest BCUT2D eigenvalue weighted by Gasteiger charge is 2.13. The Bertz CT molecular complexity index is 1030. The number of hydrogen-bond acceptors (Lipinski definition) is 3. The molecule has 4 rings (SSSR count). The van der Waals surface area contributed by atoms with Crippen molar-refractivity contribution < 1.29 is 4.79 Å². The Hall–Kier alpha value is -3.18. The molecule has 0 fully saturated rings. The summed E-state index contributed by atoms with van der Waals surface area (Å²) in [7, 11) is 1.93. The lowest BCUT2D eigenvalue weighted by Crippen LogP contribution is -2.27. The maximum absolute atomic E-state index is 12.6. The number of rotatable bonds is 6. The van der Waals surface area contributed by atoms with Crippen LogP contribution in [0, 0.1) is 0 Å². The van der Waals surface area contributed by atoms with Gasteiger partial charge >= 0.3 is 0 Å². The Morgan fingerprint density at radius 2 is 1.63 bits per heavy atom. The predicted octanol–water partition coefficient (Wildman–Crippen LogP) is 3.23. The SMILES string of the molecule is CNCc1ccc(CNC(=O)Cn2c3ccccc3c3cccnc32)cc1. The number of carbonyl (C=O) groups is 1. The molecule has 1 amide bonds. The van der Waals surface area contributed by atoms with Crippen LogP contribution in [0.4, 0.5) is 0 Å². The van der Waals surface area contributed by atoms with Gasteiger partial charge in [0.25, 0.3) is 0 Å². The van der Waals surface area contributed by atoms with Gasteiger partial charge in [0.05, 0.1) is 5.52 Å². The Labute approximate surface area is 158 Å². The van der Waals surface area contributed by atoms with Gasteiger partial charge in [0.15, 0.2) is 0 Å². The maximum Gasteiger partial charge on any atom is 0.240 e. The molecule has 0 radical (unpaired) electrons. The number of amides is 1. The average Bonchev–Trinajstić information content (AvgIpc) is 3.02. The molecule has 0 spiro atoms. The fourth-order valence-corrected chi connectivity index (χ4v) is 3.41. The van der Waals surface area contributed by atoms with Crippen LogP contribution in [0.3, 0.4) is 0 Å². The quantitative estimate of drug-likeness (QED) is 0.556. The first-order valence-electron chi connectivity index (χ1n) is 9.07. The summed E-state index contributed by atoms with van der Waals surface area (Å²) in [6.45, 7) is 1.61. The summed E-state index contributed by atoms with van der Waals surface area (Å²) in [6.07, 6.45) is 1.77. The molecule has 0 bridgehead atoms. The number of benzene rings is 2. The van der Waals surface area contributed by atoms with Crippen LogP contribution in [0.1, 0.15) is 11.1 Å². The second-order valence-electron chi connectivity index (χ2n) is 6.60. The zero-order chi connectivity index (χ0) is 18.6. The summed E-state index contributed by atoms with van der Waals surface area (Å²) in [4.78, 5) is 17.1. The molecule has 5 heteroatoms. The van der Waals surface area contributed by atoms with E-state index >= 15 is 0 Å². The summed E-state index contributed by atoms with van der Waals surface area (Å²) in [6, 6.07) is 20.3. The van der Waals surface area contributed by atoms with Gasteiger partial charge < -0.3 is 15.2 Å². The highest BCUT2D eigenvalue weighted by molar-refractivity contribution is 6.07. The third-order valence-electron chi connectivity index (χ3n) is 4.72. The fourth-order valence-electron chi connectivity index (χ4n) is 3.41. The van der Waals surface area contributed by atoms with Crippen molar-refractivity contribution >= 4 is 27.8 Å². The highest BCUT2D eigenvalue weighted by Crippen LogP contribution is 2.27. The van der Waals surface area contributed by atoms with Crippen molar-refractivity contribution in [3.63, 3.8) is 0 Å². The minimum atomic E-state index is -0.0254. The molecule has 0 unspecified atom stereocenters. The van der Waals surface area contributed by atoms with E-state index in [1.54, 1.807) is 6.20 Å². The second kappa shape index (κ2) is 7.60. The van der Waals surface area contributed by atoms with Crippen LogP contribution < -0.4 is 10.6 Å². The minimum Gasteiger partial charge on any atom is -0.350 e. The highest BCUT2D eigenvalue weighted by atomic mass is 16.1. The molecule has 4 aromatic rings. The van der Waals surface area contributed by atoms with Gasteiger partial charge in [-0.15, -0.1) is 0 Å². The van der Waals surface area contributed by atoms with Crippen LogP contribution in [0.25, 0.3) is 21.9 Å². The van der Waals surface area contributed by atoms with Crippen molar-refractivity contribution in [3.05, 3.63) is 78.0 Å². The van der Waals surface area contributed by atoms with Crippen LogP contribution in [-0.2, 0) is 24.4 Å². The van der Waals surface area contributed by atoms with E-state index in [1.807, 2.05) is 41.9 Å². The molecule has 5 nitrogen and oxygen atoms in total. The van der Waals surface area contributed by atoms with Gasteiger partial charge in [-0.05, 0) is 36.4 Å². The molecule has 0 saturated carbocycles. The zero-order valence-electron chi connectivity index (χ0n) is 15.3. The Balaban J connectivity index is 1.51. The molecule has 2 aromatic heterocycles. The van der Waals surface area contributed by atoms with E-state index in [4.69, 9.17) is 0 Å². The number of hydrogen-bond donors (Lipinski definition) is 2. The van der Waals surface area contributed by atoms with Crippen molar-refractivity contribution in [2.24, 2.45) is 0 Å². The summed E-state index contributed by atoms with van der Waals surface area (Å²) >= 11 is 0. The van der Waals surface area contributed by atoms with E-state index < -0.39 is 0 Å². The fraction of sp³-hybridized carbons (Fsp3) is 0.182. The lowest BCUT2D eigenvalue weighted by Gasteiger charge is -2.09. The predicted molar refractivity (Wildman–Crippen MR) is 108 cm³/mol. The molecule has 0 saturated heterocycles. The van der Waals surface area contributed by atoms with Crippen molar-refractivity contribution in [1.82, 2.24) is 20.2 Å². The molecule has 2 N–H and O–H groups in total. The van der Waals surface area contributed by atoms with E-state index in [0.717, 1.165) is 34.0 Å². The summed E-state index contributed by atoms with van der Waals surface area (Å²) < 4.78 is 1.98.